The molecule has 1 aromatic rings. The van der Waals surface area contributed by atoms with Crippen LogP contribution in [0.4, 0.5) is 5.69 Å². The highest BCUT2D eigenvalue weighted by atomic mass is 32.2. The van der Waals surface area contributed by atoms with Crippen molar-refractivity contribution in [2.45, 2.75) is 107 Å². The molecular weight excluding hydrogens is 426 g/mol. The summed E-state index contributed by atoms with van der Waals surface area (Å²) >= 11 is 0.981. The van der Waals surface area contributed by atoms with Gasteiger partial charge in [0.2, 0.25) is 0 Å². The monoisotopic (exact) mass is 465 g/mol. The highest BCUT2D eigenvalue weighted by Crippen LogP contribution is 2.27. The molecule has 0 aliphatic heterocycles. The number of hydrogen-bond acceptors (Lipinski definition) is 6. The topological polar surface area (TPSA) is 105 Å². The lowest BCUT2D eigenvalue weighted by atomic mass is 9.91. The Hall–Kier alpha value is -1.64. The second-order valence-corrected chi connectivity index (χ2v) is 10.2. The number of nitrogens with one attached hydrogen (secondary N) is 2. The van der Waals surface area contributed by atoms with Gasteiger partial charge in [-0.05, 0) is 56.0 Å². The Morgan fingerprint density at radius 3 is 2.06 bits per heavy atom. The number of rotatable bonds is 9. The van der Waals surface area contributed by atoms with E-state index in [0.29, 0.717) is 11.3 Å². The van der Waals surface area contributed by atoms with Crippen LogP contribution in [0.3, 0.4) is 0 Å². The minimum atomic E-state index is -0.959. The van der Waals surface area contributed by atoms with Crippen LogP contribution in [0, 0.1) is 16.0 Å². The third-order valence-corrected chi connectivity index (χ3v) is 7.03. The Kier molecular flexibility index (Phi) is 12.1. The van der Waals surface area contributed by atoms with Gasteiger partial charge in [0.25, 0.3) is 5.69 Å². The first-order chi connectivity index (χ1) is 15.4. The number of nitro benzene ring substituents is 1. The molecule has 3 N–H and O–H groups in total. The van der Waals surface area contributed by atoms with Gasteiger partial charge in [-0.15, -0.1) is 0 Å². The smallest absolute Gasteiger partial charge is 0.321 e. The summed E-state index contributed by atoms with van der Waals surface area (Å²) in [6.07, 6.45) is 15.0. The maximum Gasteiger partial charge on any atom is 0.321 e. The van der Waals surface area contributed by atoms with Crippen molar-refractivity contribution in [1.82, 2.24) is 10.0 Å². The second kappa shape index (κ2) is 14.5. The van der Waals surface area contributed by atoms with E-state index in [9.17, 15) is 14.9 Å². The first-order valence-electron chi connectivity index (χ1n) is 12.0. The van der Waals surface area contributed by atoms with Crippen LogP contribution >= 0.6 is 11.9 Å². The number of aliphatic carboxylic acids is 1. The van der Waals surface area contributed by atoms with E-state index in [1.54, 1.807) is 18.2 Å². The summed E-state index contributed by atoms with van der Waals surface area (Å²) in [7, 11) is 0. The average Bonchev–Trinajstić information content (AvgIpc) is 2.78. The number of hydrogen-bond donors (Lipinski definition) is 3. The minimum absolute atomic E-state index is 0.0336. The van der Waals surface area contributed by atoms with Crippen molar-refractivity contribution in [2.75, 3.05) is 0 Å². The summed E-state index contributed by atoms with van der Waals surface area (Å²) in [5.74, 6) is -0.736. The number of nitro groups is 1. The molecule has 0 heterocycles. The highest BCUT2D eigenvalue weighted by molar-refractivity contribution is 7.97. The van der Waals surface area contributed by atoms with Gasteiger partial charge >= 0.3 is 5.97 Å². The fourth-order valence-electron chi connectivity index (χ4n) is 4.37. The fraction of sp³-hybridized carbons (Fsp3) is 0.708. The Bertz CT molecular complexity index is 688. The minimum Gasteiger partial charge on any atom is -0.480 e. The highest BCUT2D eigenvalue weighted by Gasteiger charge is 2.21. The molecule has 0 amide bonds. The molecule has 7 nitrogen and oxygen atoms in total. The molecule has 32 heavy (non-hydrogen) atoms. The van der Waals surface area contributed by atoms with Gasteiger partial charge in [-0.3, -0.25) is 14.9 Å². The Labute approximate surface area is 196 Å². The molecule has 0 unspecified atom stereocenters. The fourth-order valence-corrected chi connectivity index (χ4v) is 5.23. The maximum absolute atomic E-state index is 11.1. The van der Waals surface area contributed by atoms with E-state index in [1.807, 2.05) is 13.8 Å². The Morgan fingerprint density at radius 1 is 1.06 bits per heavy atom. The normalized spacial score (nSPS) is 18.6. The van der Waals surface area contributed by atoms with Crippen LogP contribution in [0.5, 0.6) is 0 Å². The van der Waals surface area contributed by atoms with Crippen molar-refractivity contribution in [1.29, 1.82) is 0 Å². The van der Waals surface area contributed by atoms with Gasteiger partial charge in [0.15, 0.2) is 0 Å². The van der Waals surface area contributed by atoms with Crippen molar-refractivity contribution in [2.24, 2.45) is 5.92 Å². The van der Waals surface area contributed by atoms with Crippen LogP contribution in [0.15, 0.2) is 29.2 Å². The molecular formula is C24H39N3O4S. The SMILES string of the molecule is C1CCC(NC2CCCCC2)CC1.CC(C)C[C@H](NSc1ccccc1[N+](=O)[O-])C(=O)O. The van der Waals surface area contributed by atoms with Crippen LogP contribution in [0.1, 0.15) is 84.5 Å². The zero-order valence-corrected chi connectivity index (χ0v) is 20.2. The quantitative estimate of drug-likeness (QED) is 0.236. The van der Waals surface area contributed by atoms with Gasteiger partial charge in [-0.25, -0.2) is 4.72 Å². The first-order valence-corrected chi connectivity index (χ1v) is 12.8. The lowest BCUT2D eigenvalue weighted by molar-refractivity contribution is -0.387. The van der Waals surface area contributed by atoms with Crippen molar-refractivity contribution in [3.63, 3.8) is 0 Å². The summed E-state index contributed by atoms with van der Waals surface area (Å²) in [6, 6.07) is 7.24. The molecule has 2 saturated carbocycles. The van der Waals surface area contributed by atoms with Gasteiger partial charge in [-0.2, -0.15) is 0 Å². The largest absolute Gasteiger partial charge is 0.480 e. The molecule has 8 heteroatoms. The standard InChI is InChI=1S/C12H16N2O4S.C12H23N/c1-8(2)7-9(12(15)16)13-19-11-6-4-3-5-10(11)14(17)18;1-3-7-11(8-4-1)13-12-9-5-2-6-10-12/h3-6,8-9,13H,7H2,1-2H3,(H,15,16);11-13H,1-10H2/t9-;/m0./s1. The van der Waals surface area contributed by atoms with Crippen LogP contribution in [0.25, 0.3) is 0 Å². The van der Waals surface area contributed by atoms with Gasteiger partial charge in [0, 0.05) is 18.2 Å². The lowest BCUT2D eigenvalue weighted by Crippen LogP contribution is -2.40. The van der Waals surface area contributed by atoms with E-state index in [1.165, 1.54) is 70.3 Å². The molecule has 2 fully saturated rings. The van der Waals surface area contributed by atoms with E-state index in [-0.39, 0.29) is 11.6 Å². The summed E-state index contributed by atoms with van der Waals surface area (Å²) in [6.45, 7) is 3.85. The zero-order chi connectivity index (χ0) is 23.3. The van der Waals surface area contributed by atoms with Gasteiger partial charge < -0.3 is 10.4 Å². The van der Waals surface area contributed by atoms with Crippen molar-refractivity contribution >= 4 is 23.6 Å². The molecule has 180 valence electrons. The molecule has 3 rings (SSSR count). The lowest BCUT2D eigenvalue weighted by Gasteiger charge is -2.30. The maximum atomic E-state index is 11.1. The van der Waals surface area contributed by atoms with Crippen LogP contribution in [0.2, 0.25) is 0 Å². The molecule has 2 aliphatic rings. The number of nitrogens with zero attached hydrogens (tertiary/aromatic N) is 1. The third kappa shape index (κ3) is 9.88. The number of carboxylic acid groups (broad SMARTS) is 1. The summed E-state index contributed by atoms with van der Waals surface area (Å²) in [5, 5.41) is 23.8. The Morgan fingerprint density at radius 2 is 1.59 bits per heavy atom. The van der Waals surface area contributed by atoms with Gasteiger partial charge in [-0.1, -0.05) is 64.5 Å². The predicted molar refractivity (Wildman–Crippen MR) is 130 cm³/mol. The number of carbonyl (C=O) groups is 1. The van der Waals surface area contributed by atoms with Crippen molar-refractivity contribution in [3.05, 3.63) is 34.4 Å². The molecule has 0 spiro atoms. The van der Waals surface area contributed by atoms with Crippen molar-refractivity contribution in [3.8, 4) is 0 Å². The van der Waals surface area contributed by atoms with E-state index in [4.69, 9.17) is 5.11 Å². The predicted octanol–water partition coefficient (Wildman–Crippen LogP) is 5.93. The van der Waals surface area contributed by atoms with Gasteiger partial charge in [0.05, 0.1) is 4.92 Å². The summed E-state index contributed by atoms with van der Waals surface area (Å²) < 4.78 is 2.77. The van der Waals surface area contributed by atoms with Crippen LogP contribution < -0.4 is 10.0 Å². The molecule has 0 aromatic heterocycles. The molecule has 2 aliphatic carbocycles. The van der Waals surface area contributed by atoms with E-state index >= 15 is 0 Å². The second-order valence-electron chi connectivity index (χ2n) is 9.30. The van der Waals surface area contributed by atoms with Gasteiger partial charge in [0.1, 0.15) is 10.9 Å². The van der Waals surface area contributed by atoms with Crippen LogP contribution in [-0.4, -0.2) is 34.1 Å². The van der Waals surface area contributed by atoms with Crippen molar-refractivity contribution < 1.29 is 14.8 Å². The van der Waals surface area contributed by atoms with E-state index in [2.05, 4.69) is 10.0 Å². The van der Waals surface area contributed by atoms with E-state index in [0.717, 1.165) is 24.0 Å². The van der Waals surface area contributed by atoms with E-state index < -0.39 is 16.9 Å². The first kappa shape index (κ1) is 26.6. The molecule has 0 radical (unpaired) electrons. The number of carboxylic acids is 1. The summed E-state index contributed by atoms with van der Waals surface area (Å²) in [4.78, 5) is 21.8. The summed E-state index contributed by atoms with van der Waals surface area (Å²) in [5.41, 5.74) is -0.0336. The molecule has 1 atom stereocenters. The Balaban J connectivity index is 0.000000242. The average molecular weight is 466 g/mol. The zero-order valence-electron chi connectivity index (χ0n) is 19.4. The molecule has 0 bridgehead atoms. The number of benzene rings is 1. The molecule has 1 aromatic carbocycles. The third-order valence-electron chi connectivity index (χ3n) is 6.06. The van der Waals surface area contributed by atoms with Crippen LogP contribution in [-0.2, 0) is 4.79 Å². The number of para-hydroxylation sites is 1. The molecule has 0 saturated heterocycles.